The van der Waals surface area contributed by atoms with Crippen molar-refractivity contribution >= 4 is 5.91 Å². The molecule has 1 aromatic rings. The predicted octanol–water partition coefficient (Wildman–Crippen LogP) is 2.37. The molecule has 2 heterocycles. The molecule has 2 aliphatic heterocycles. The van der Waals surface area contributed by atoms with Gasteiger partial charge in [0.2, 0.25) is 5.91 Å². The zero-order valence-corrected chi connectivity index (χ0v) is 13.2. The van der Waals surface area contributed by atoms with Crippen LogP contribution < -0.4 is 5.32 Å². The summed E-state index contributed by atoms with van der Waals surface area (Å²) in [6.45, 7) is 4.40. The van der Waals surface area contributed by atoms with E-state index in [2.05, 4.69) is 29.6 Å². The van der Waals surface area contributed by atoms with Crippen LogP contribution in [0.1, 0.15) is 37.3 Å². The normalized spacial score (nSPS) is 23.7. The number of likely N-dealkylation sites (tertiary alicyclic amines) is 1. The Hall–Kier alpha value is -1.39. The van der Waals surface area contributed by atoms with Crippen LogP contribution in [0.25, 0.3) is 0 Å². The average molecular weight is 302 g/mol. The average Bonchev–Trinajstić information content (AvgIpc) is 2.98. The van der Waals surface area contributed by atoms with Crippen molar-refractivity contribution in [3.63, 3.8) is 0 Å². The molecule has 1 amide bonds. The molecule has 2 saturated heterocycles. The van der Waals surface area contributed by atoms with Crippen molar-refractivity contribution in [1.29, 1.82) is 0 Å². The summed E-state index contributed by atoms with van der Waals surface area (Å²) in [7, 11) is 0. The first-order valence-electron chi connectivity index (χ1n) is 8.47. The van der Waals surface area contributed by atoms with Crippen molar-refractivity contribution in [2.75, 3.05) is 32.8 Å². The van der Waals surface area contributed by atoms with Gasteiger partial charge in [0, 0.05) is 38.7 Å². The molecule has 4 heteroatoms. The molecule has 120 valence electrons. The van der Waals surface area contributed by atoms with Crippen molar-refractivity contribution in [3.8, 4) is 0 Å². The highest BCUT2D eigenvalue weighted by Gasteiger charge is 2.25. The van der Waals surface area contributed by atoms with Crippen molar-refractivity contribution < 1.29 is 9.53 Å². The third-order valence-corrected chi connectivity index (χ3v) is 4.68. The number of benzene rings is 1. The Morgan fingerprint density at radius 1 is 1.27 bits per heavy atom. The van der Waals surface area contributed by atoms with E-state index in [4.69, 9.17) is 4.74 Å². The third-order valence-electron chi connectivity index (χ3n) is 4.68. The fourth-order valence-corrected chi connectivity index (χ4v) is 3.37. The van der Waals surface area contributed by atoms with Gasteiger partial charge in [-0.15, -0.1) is 0 Å². The summed E-state index contributed by atoms with van der Waals surface area (Å²) >= 11 is 0. The number of carbonyl (C=O) groups excluding carboxylic acids is 1. The van der Waals surface area contributed by atoms with Crippen molar-refractivity contribution in [3.05, 3.63) is 35.9 Å². The smallest absolute Gasteiger partial charge is 0.222 e. The van der Waals surface area contributed by atoms with E-state index in [0.717, 1.165) is 45.7 Å². The molecule has 1 N–H and O–H groups in total. The molecule has 2 unspecified atom stereocenters. The first-order valence-corrected chi connectivity index (χ1v) is 8.47. The van der Waals surface area contributed by atoms with Crippen molar-refractivity contribution in [2.45, 2.75) is 31.7 Å². The summed E-state index contributed by atoms with van der Waals surface area (Å²) in [5.74, 6) is 0.887. The quantitative estimate of drug-likeness (QED) is 0.877. The first-order chi connectivity index (χ1) is 10.8. The van der Waals surface area contributed by atoms with Gasteiger partial charge in [0.05, 0.1) is 6.61 Å². The molecular weight excluding hydrogens is 276 g/mol. The lowest BCUT2D eigenvalue weighted by Crippen LogP contribution is -2.39. The van der Waals surface area contributed by atoms with Gasteiger partial charge in [0.1, 0.15) is 0 Å². The second-order valence-electron chi connectivity index (χ2n) is 6.40. The van der Waals surface area contributed by atoms with E-state index >= 15 is 0 Å². The Kier molecular flexibility index (Phi) is 5.46. The highest BCUT2D eigenvalue weighted by atomic mass is 16.5. The molecule has 0 spiro atoms. The lowest BCUT2D eigenvalue weighted by Gasteiger charge is -2.28. The van der Waals surface area contributed by atoms with Crippen LogP contribution in [0, 0.1) is 5.92 Å². The highest BCUT2D eigenvalue weighted by molar-refractivity contribution is 5.78. The van der Waals surface area contributed by atoms with Gasteiger partial charge >= 0.3 is 0 Å². The number of ether oxygens (including phenoxy) is 1. The van der Waals surface area contributed by atoms with Gasteiger partial charge < -0.3 is 15.0 Å². The minimum Gasteiger partial charge on any atom is -0.381 e. The van der Waals surface area contributed by atoms with E-state index in [1.165, 1.54) is 12.0 Å². The Morgan fingerprint density at radius 2 is 2.14 bits per heavy atom. The van der Waals surface area contributed by atoms with E-state index < -0.39 is 0 Å². The Labute approximate surface area is 132 Å². The van der Waals surface area contributed by atoms with E-state index in [1.807, 2.05) is 11.0 Å². The first kappa shape index (κ1) is 15.5. The SMILES string of the molecule is O=C1CCCN1CC(NCC1CCCOC1)c1ccccc1. The minimum absolute atomic E-state index is 0.213. The van der Waals surface area contributed by atoms with Crippen molar-refractivity contribution in [2.24, 2.45) is 5.92 Å². The molecule has 0 radical (unpaired) electrons. The van der Waals surface area contributed by atoms with Crippen LogP contribution in [0.15, 0.2) is 30.3 Å². The third kappa shape index (κ3) is 4.08. The number of hydrogen-bond donors (Lipinski definition) is 1. The van der Waals surface area contributed by atoms with Crippen molar-refractivity contribution in [1.82, 2.24) is 10.2 Å². The maximum absolute atomic E-state index is 11.9. The molecule has 2 aliphatic rings. The number of amides is 1. The summed E-state index contributed by atoms with van der Waals surface area (Å²) in [6, 6.07) is 10.7. The van der Waals surface area contributed by atoms with Crippen LogP contribution in [-0.2, 0) is 9.53 Å². The molecule has 0 saturated carbocycles. The van der Waals surface area contributed by atoms with Gasteiger partial charge in [-0.2, -0.15) is 0 Å². The highest BCUT2D eigenvalue weighted by Crippen LogP contribution is 2.20. The molecule has 0 aromatic heterocycles. The van der Waals surface area contributed by atoms with Gasteiger partial charge in [-0.1, -0.05) is 30.3 Å². The number of rotatable bonds is 6. The number of nitrogens with zero attached hydrogens (tertiary/aromatic N) is 1. The van der Waals surface area contributed by atoms with E-state index in [1.54, 1.807) is 0 Å². The predicted molar refractivity (Wildman–Crippen MR) is 86.5 cm³/mol. The molecule has 0 bridgehead atoms. The molecular formula is C18H26N2O2. The van der Waals surface area contributed by atoms with E-state index in [9.17, 15) is 4.79 Å². The Morgan fingerprint density at radius 3 is 2.82 bits per heavy atom. The second kappa shape index (κ2) is 7.75. The molecule has 4 nitrogen and oxygen atoms in total. The van der Waals surface area contributed by atoms with E-state index in [0.29, 0.717) is 18.2 Å². The standard InChI is InChI=1S/C18H26N2O2/c21-18-9-4-10-20(18)13-17(16-7-2-1-3-8-16)19-12-15-6-5-11-22-14-15/h1-3,7-8,15,17,19H,4-6,9-14H2. The summed E-state index contributed by atoms with van der Waals surface area (Å²) in [6.07, 6.45) is 4.10. The summed E-state index contributed by atoms with van der Waals surface area (Å²) in [5, 5.41) is 3.68. The lowest BCUT2D eigenvalue weighted by molar-refractivity contribution is -0.128. The fraction of sp³-hybridized carbons (Fsp3) is 0.611. The number of carbonyl (C=O) groups is 1. The van der Waals surface area contributed by atoms with Gasteiger partial charge in [0.25, 0.3) is 0 Å². The van der Waals surface area contributed by atoms with Gasteiger partial charge in [-0.05, 0) is 30.7 Å². The molecule has 2 fully saturated rings. The largest absolute Gasteiger partial charge is 0.381 e. The molecule has 2 atom stereocenters. The zero-order chi connectivity index (χ0) is 15.2. The molecule has 22 heavy (non-hydrogen) atoms. The fourth-order valence-electron chi connectivity index (χ4n) is 3.37. The maximum Gasteiger partial charge on any atom is 0.222 e. The van der Waals surface area contributed by atoms with Crippen LogP contribution in [0.5, 0.6) is 0 Å². The summed E-state index contributed by atoms with van der Waals surface area (Å²) < 4.78 is 5.57. The van der Waals surface area contributed by atoms with Crippen LogP contribution in [0.4, 0.5) is 0 Å². The molecule has 1 aromatic carbocycles. The van der Waals surface area contributed by atoms with Gasteiger partial charge in [-0.25, -0.2) is 0 Å². The number of nitrogens with one attached hydrogen (secondary N) is 1. The monoisotopic (exact) mass is 302 g/mol. The second-order valence-corrected chi connectivity index (χ2v) is 6.40. The Bertz CT molecular complexity index is 471. The topological polar surface area (TPSA) is 41.6 Å². The van der Waals surface area contributed by atoms with Crippen LogP contribution >= 0.6 is 0 Å². The van der Waals surface area contributed by atoms with E-state index in [-0.39, 0.29) is 6.04 Å². The van der Waals surface area contributed by atoms with Gasteiger partial charge in [0.15, 0.2) is 0 Å². The lowest BCUT2D eigenvalue weighted by atomic mass is 10.0. The Balaban J connectivity index is 1.61. The zero-order valence-electron chi connectivity index (χ0n) is 13.2. The van der Waals surface area contributed by atoms with Gasteiger partial charge in [-0.3, -0.25) is 4.79 Å². The minimum atomic E-state index is 0.213. The van der Waals surface area contributed by atoms with Crippen LogP contribution in [0.2, 0.25) is 0 Å². The molecule has 0 aliphatic carbocycles. The van der Waals surface area contributed by atoms with Crippen LogP contribution in [0.3, 0.4) is 0 Å². The summed E-state index contributed by atoms with van der Waals surface area (Å²) in [4.78, 5) is 13.9. The maximum atomic E-state index is 11.9. The molecule has 3 rings (SSSR count). The van der Waals surface area contributed by atoms with Crippen LogP contribution in [-0.4, -0.2) is 43.7 Å². The summed E-state index contributed by atoms with van der Waals surface area (Å²) in [5.41, 5.74) is 1.26. The number of hydrogen-bond acceptors (Lipinski definition) is 3.